The largest absolute Gasteiger partial charge is 0.508 e. The molecule has 158 valence electrons. The van der Waals surface area contributed by atoms with Gasteiger partial charge in [-0.25, -0.2) is 0 Å². The quantitative estimate of drug-likeness (QED) is 0.279. The maximum absolute atomic E-state index is 9.67. The molecule has 28 heavy (non-hydrogen) atoms. The Hall–Kier alpha value is -0.890. The Labute approximate surface area is 178 Å². The molecular weight excluding hydrogens is 360 g/mol. The monoisotopic (exact) mass is 402 g/mol. The maximum Gasteiger partial charge on any atom is 0.115 e. The number of hydrogen-bond donors (Lipinski definition) is 1. The van der Waals surface area contributed by atoms with Gasteiger partial charge in [0.2, 0.25) is 0 Å². The van der Waals surface area contributed by atoms with Crippen molar-refractivity contribution < 1.29 is 5.11 Å². The zero-order valence-corrected chi connectivity index (χ0v) is 19.0. The molecule has 0 spiro atoms. The van der Waals surface area contributed by atoms with E-state index in [4.69, 9.17) is 0 Å². The Morgan fingerprint density at radius 3 is 2.18 bits per heavy atom. The minimum Gasteiger partial charge on any atom is -0.508 e. The number of aryl methyl sites for hydroxylation is 1. The molecule has 1 nitrogen and oxygen atoms in total. The molecule has 1 N–H and O–H groups in total. The van der Waals surface area contributed by atoms with Gasteiger partial charge >= 0.3 is 0 Å². The molecule has 0 saturated carbocycles. The van der Waals surface area contributed by atoms with E-state index in [1.54, 1.807) is 0 Å². The van der Waals surface area contributed by atoms with E-state index in [0.717, 1.165) is 12.8 Å². The number of rotatable bonds is 16. The van der Waals surface area contributed by atoms with Gasteiger partial charge < -0.3 is 5.11 Å². The number of hydrogen-bond acceptors (Lipinski definition) is 2. The topological polar surface area (TPSA) is 20.2 Å². The summed E-state index contributed by atoms with van der Waals surface area (Å²) in [6.45, 7) is 2.29. The molecular formula is C26H42OS. The van der Waals surface area contributed by atoms with Gasteiger partial charge in [0, 0.05) is 0 Å². The molecule has 0 fully saturated rings. The van der Waals surface area contributed by atoms with E-state index >= 15 is 0 Å². The fourth-order valence-corrected chi connectivity index (χ4v) is 5.18. The van der Waals surface area contributed by atoms with Crippen LogP contribution in [0.1, 0.15) is 108 Å². The van der Waals surface area contributed by atoms with E-state index in [-0.39, 0.29) is 0 Å². The third kappa shape index (κ3) is 9.54. The first-order chi connectivity index (χ1) is 13.8. The van der Waals surface area contributed by atoms with Gasteiger partial charge in [0.05, 0.1) is 0 Å². The number of phenols is 1. The highest BCUT2D eigenvalue weighted by Gasteiger charge is 2.12. The first-order valence-corrected chi connectivity index (χ1v) is 13.1. The summed E-state index contributed by atoms with van der Waals surface area (Å²) in [5, 5.41) is 9.67. The van der Waals surface area contributed by atoms with Crippen LogP contribution >= 0.6 is 11.8 Å². The van der Waals surface area contributed by atoms with Crippen LogP contribution < -0.4 is 0 Å². The molecule has 0 atom stereocenters. The van der Waals surface area contributed by atoms with Gasteiger partial charge in [-0.2, -0.15) is 11.8 Å². The molecule has 1 aromatic carbocycles. The Bertz CT molecular complexity index is 564. The van der Waals surface area contributed by atoms with Crippen LogP contribution in [0.25, 0.3) is 5.57 Å². The summed E-state index contributed by atoms with van der Waals surface area (Å²) < 4.78 is 0. The average Bonchev–Trinajstić information content (AvgIpc) is 2.70. The van der Waals surface area contributed by atoms with Crippen LogP contribution in [-0.2, 0) is 6.42 Å². The van der Waals surface area contributed by atoms with E-state index in [2.05, 4.69) is 30.8 Å². The van der Waals surface area contributed by atoms with E-state index in [0.29, 0.717) is 5.75 Å². The lowest BCUT2D eigenvalue weighted by Crippen LogP contribution is -1.99. The summed E-state index contributed by atoms with van der Waals surface area (Å²) in [6.07, 6.45) is 22.6. The second-order valence-corrected chi connectivity index (χ2v) is 9.59. The minimum atomic E-state index is 0.408. The summed E-state index contributed by atoms with van der Waals surface area (Å²) >= 11 is 2.17. The molecule has 2 rings (SSSR count). The van der Waals surface area contributed by atoms with Gasteiger partial charge in [0.25, 0.3) is 0 Å². The second-order valence-electron chi connectivity index (χ2n) is 8.36. The van der Waals surface area contributed by atoms with Gasteiger partial charge in [0.1, 0.15) is 5.75 Å². The molecule has 2 heteroatoms. The van der Waals surface area contributed by atoms with Crippen molar-refractivity contribution in [1.82, 2.24) is 0 Å². The van der Waals surface area contributed by atoms with Crippen molar-refractivity contribution in [3.63, 3.8) is 0 Å². The maximum atomic E-state index is 9.67. The predicted molar refractivity (Wildman–Crippen MR) is 127 cm³/mol. The number of aromatic hydroxyl groups is 1. The van der Waals surface area contributed by atoms with Crippen molar-refractivity contribution in [2.75, 3.05) is 11.5 Å². The van der Waals surface area contributed by atoms with E-state index in [9.17, 15) is 5.11 Å². The van der Waals surface area contributed by atoms with Crippen molar-refractivity contribution in [1.29, 1.82) is 0 Å². The van der Waals surface area contributed by atoms with Gasteiger partial charge in [-0.05, 0) is 78.9 Å². The normalized spacial score (nSPS) is 13.4. The first kappa shape index (κ1) is 23.4. The molecule has 0 unspecified atom stereocenters. The Kier molecular flexibility index (Phi) is 12.5. The predicted octanol–water partition coefficient (Wildman–Crippen LogP) is 8.55. The first-order valence-electron chi connectivity index (χ1n) is 11.9. The number of benzene rings is 1. The zero-order chi connectivity index (χ0) is 19.9. The highest BCUT2D eigenvalue weighted by molar-refractivity contribution is 7.99. The molecule has 0 heterocycles. The molecule has 0 aromatic heterocycles. The number of phenolic OH excluding ortho intramolecular Hbond substituents is 1. The van der Waals surface area contributed by atoms with Gasteiger partial charge in [0.15, 0.2) is 0 Å². The lowest BCUT2D eigenvalue weighted by molar-refractivity contribution is 0.474. The molecule has 0 aliphatic heterocycles. The standard InChI is InChI=1S/C26H42OS/c1-2-3-4-12-20-28-21-13-10-8-6-5-7-9-11-15-23-16-14-17-24-22-25(27)18-19-26(23)24/h16,18-19,22,27H,2-15,17,20-21H2,1H3. The summed E-state index contributed by atoms with van der Waals surface area (Å²) in [5.41, 5.74) is 4.22. The van der Waals surface area contributed by atoms with Crippen LogP contribution in [0, 0.1) is 0 Å². The Morgan fingerprint density at radius 2 is 1.46 bits per heavy atom. The zero-order valence-electron chi connectivity index (χ0n) is 18.2. The van der Waals surface area contributed by atoms with Crippen LogP contribution in [0.5, 0.6) is 5.75 Å². The van der Waals surface area contributed by atoms with Gasteiger partial charge in [-0.15, -0.1) is 0 Å². The molecule has 0 radical (unpaired) electrons. The summed E-state index contributed by atoms with van der Waals surface area (Å²) in [4.78, 5) is 0. The lowest BCUT2D eigenvalue weighted by atomic mass is 9.88. The van der Waals surface area contributed by atoms with Crippen LogP contribution in [0.4, 0.5) is 0 Å². The highest BCUT2D eigenvalue weighted by Crippen LogP contribution is 2.32. The fourth-order valence-electron chi connectivity index (χ4n) is 4.16. The van der Waals surface area contributed by atoms with Crippen LogP contribution in [0.15, 0.2) is 24.3 Å². The van der Waals surface area contributed by atoms with Crippen molar-refractivity contribution in [3.8, 4) is 5.75 Å². The SMILES string of the molecule is CCCCCCSCCCCCCCCCCC1=CCCc2cc(O)ccc21. The third-order valence-electron chi connectivity index (χ3n) is 5.87. The number of thioether (sulfide) groups is 1. The lowest BCUT2D eigenvalue weighted by Gasteiger charge is -2.18. The van der Waals surface area contributed by atoms with E-state index in [1.165, 1.54) is 112 Å². The molecule has 0 saturated heterocycles. The molecule has 1 aliphatic carbocycles. The van der Waals surface area contributed by atoms with Crippen LogP contribution in [-0.4, -0.2) is 16.6 Å². The summed E-state index contributed by atoms with van der Waals surface area (Å²) in [5.74, 6) is 3.16. The minimum absolute atomic E-state index is 0.408. The van der Waals surface area contributed by atoms with Crippen LogP contribution in [0.2, 0.25) is 0 Å². The fraction of sp³-hybridized carbons (Fsp3) is 0.692. The van der Waals surface area contributed by atoms with Crippen molar-refractivity contribution >= 4 is 17.3 Å². The summed E-state index contributed by atoms with van der Waals surface area (Å²) in [7, 11) is 0. The molecule has 0 bridgehead atoms. The summed E-state index contributed by atoms with van der Waals surface area (Å²) in [6, 6.07) is 5.90. The van der Waals surface area contributed by atoms with E-state index < -0.39 is 0 Å². The third-order valence-corrected chi connectivity index (χ3v) is 7.02. The van der Waals surface area contributed by atoms with Crippen molar-refractivity contribution in [2.45, 2.75) is 103 Å². The Morgan fingerprint density at radius 1 is 0.821 bits per heavy atom. The number of fused-ring (bicyclic) bond motifs is 1. The Balaban J connectivity index is 1.40. The molecule has 1 aliphatic rings. The van der Waals surface area contributed by atoms with Crippen molar-refractivity contribution in [2.24, 2.45) is 0 Å². The smallest absolute Gasteiger partial charge is 0.115 e. The van der Waals surface area contributed by atoms with Crippen LogP contribution in [0.3, 0.4) is 0 Å². The van der Waals surface area contributed by atoms with Gasteiger partial charge in [-0.1, -0.05) is 76.9 Å². The molecule has 0 amide bonds. The van der Waals surface area contributed by atoms with Gasteiger partial charge in [-0.3, -0.25) is 0 Å². The number of unbranched alkanes of at least 4 members (excludes halogenated alkanes) is 10. The average molecular weight is 403 g/mol. The second kappa shape index (κ2) is 15.0. The highest BCUT2D eigenvalue weighted by atomic mass is 32.2. The van der Waals surface area contributed by atoms with E-state index in [1.807, 2.05) is 12.1 Å². The number of allylic oxidation sites excluding steroid dienone is 2. The molecule has 1 aromatic rings. The van der Waals surface area contributed by atoms with Crippen molar-refractivity contribution in [3.05, 3.63) is 35.4 Å².